The summed E-state index contributed by atoms with van der Waals surface area (Å²) in [7, 11) is 0. The maximum atomic E-state index is 12.3. The molecule has 4 heteroatoms. The Morgan fingerprint density at radius 1 is 1.22 bits per heavy atom. The van der Waals surface area contributed by atoms with Crippen molar-refractivity contribution >= 4 is 16.9 Å². The van der Waals surface area contributed by atoms with Crippen LogP contribution in [0.5, 0.6) is 0 Å². The van der Waals surface area contributed by atoms with Crippen molar-refractivity contribution in [1.82, 2.24) is 10.5 Å². The highest BCUT2D eigenvalue weighted by molar-refractivity contribution is 5.88. The fourth-order valence-corrected chi connectivity index (χ4v) is 2.84. The van der Waals surface area contributed by atoms with E-state index in [0.29, 0.717) is 5.69 Å². The monoisotopic (exact) mass is 308 g/mol. The second-order valence-electron chi connectivity index (χ2n) is 5.96. The number of amides is 1. The minimum atomic E-state index is -0.0595. The third kappa shape index (κ3) is 3.26. The average molecular weight is 308 g/mol. The van der Waals surface area contributed by atoms with Gasteiger partial charge < -0.3 is 9.84 Å². The van der Waals surface area contributed by atoms with Gasteiger partial charge in [-0.15, -0.1) is 0 Å². The highest BCUT2D eigenvalue weighted by atomic mass is 16.5. The number of aryl methyl sites for hydroxylation is 2. The van der Waals surface area contributed by atoms with Gasteiger partial charge in [-0.3, -0.25) is 4.79 Å². The summed E-state index contributed by atoms with van der Waals surface area (Å²) in [4.78, 5) is 12.3. The second kappa shape index (κ2) is 6.24. The van der Waals surface area contributed by atoms with E-state index in [1.165, 1.54) is 0 Å². The molecule has 4 nitrogen and oxygen atoms in total. The smallest absolute Gasteiger partial charge is 0.226 e. The van der Waals surface area contributed by atoms with Crippen molar-refractivity contribution in [2.45, 2.75) is 33.2 Å². The average Bonchev–Trinajstić information content (AvgIpc) is 2.91. The van der Waals surface area contributed by atoms with E-state index in [1.807, 2.05) is 57.2 Å². The molecule has 1 N–H and O–H groups in total. The highest BCUT2D eigenvalue weighted by Gasteiger charge is 2.16. The van der Waals surface area contributed by atoms with E-state index in [2.05, 4.69) is 16.5 Å². The van der Waals surface area contributed by atoms with E-state index < -0.39 is 0 Å². The largest absolute Gasteiger partial charge is 0.356 e. The summed E-state index contributed by atoms with van der Waals surface area (Å²) >= 11 is 0. The van der Waals surface area contributed by atoms with Gasteiger partial charge >= 0.3 is 0 Å². The van der Waals surface area contributed by atoms with Gasteiger partial charge in [-0.25, -0.2) is 0 Å². The molecule has 0 aliphatic carbocycles. The normalized spacial score (nSPS) is 12.3. The van der Waals surface area contributed by atoms with Crippen LogP contribution >= 0.6 is 0 Å². The topological polar surface area (TPSA) is 55.1 Å². The molecule has 1 amide bonds. The maximum absolute atomic E-state index is 12.3. The zero-order valence-corrected chi connectivity index (χ0v) is 13.6. The first-order valence-corrected chi connectivity index (χ1v) is 7.74. The SMILES string of the molecule is Cc1cc(C)c2onc(CC(=O)NC(C)c3ccccc3)c2c1. The van der Waals surface area contributed by atoms with Crippen molar-refractivity contribution < 1.29 is 9.32 Å². The van der Waals surface area contributed by atoms with Crippen molar-refractivity contribution in [2.75, 3.05) is 0 Å². The molecule has 0 aliphatic rings. The van der Waals surface area contributed by atoms with Crippen LogP contribution in [0.15, 0.2) is 47.0 Å². The van der Waals surface area contributed by atoms with Gasteiger partial charge in [-0.1, -0.05) is 41.6 Å². The van der Waals surface area contributed by atoms with E-state index in [1.54, 1.807) is 0 Å². The van der Waals surface area contributed by atoms with Crippen LogP contribution in [0.1, 0.15) is 35.3 Å². The van der Waals surface area contributed by atoms with Crippen molar-refractivity contribution in [3.8, 4) is 0 Å². The number of nitrogens with zero attached hydrogens (tertiary/aromatic N) is 1. The van der Waals surface area contributed by atoms with Gasteiger partial charge in [0.25, 0.3) is 0 Å². The van der Waals surface area contributed by atoms with Crippen molar-refractivity contribution in [1.29, 1.82) is 0 Å². The number of nitrogens with one attached hydrogen (secondary N) is 1. The van der Waals surface area contributed by atoms with E-state index in [4.69, 9.17) is 4.52 Å². The van der Waals surface area contributed by atoms with Gasteiger partial charge in [0.15, 0.2) is 5.58 Å². The van der Waals surface area contributed by atoms with Crippen LogP contribution in [-0.4, -0.2) is 11.1 Å². The molecule has 0 radical (unpaired) electrons. The minimum absolute atomic E-state index is 0.0367. The Bertz CT molecular complexity index is 837. The fourth-order valence-electron chi connectivity index (χ4n) is 2.84. The van der Waals surface area contributed by atoms with Crippen LogP contribution in [0.3, 0.4) is 0 Å². The van der Waals surface area contributed by atoms with E-state index >= 15 is 0 Å². The third-order valence-electron chi connectivity index (χ3n) is 3.98. The molecule has 0 aliphatic heterocycles. The van der Waals surface area contributed by atoms with Gasteiger partial charge in [0.2, 0.25) is 5.91 Å². The number of carbonyl (C=O) groups excluding carboxylic acids is 1. The molecule has 0 saturated heterocycles. The van der Waals surface area contributed by atoms with E-state index in [9.17, 15) is 4.79 Å². The number of hydrogen-bond donors (Lipinski definition) is 1. The first-order chi connectivity index (χ1) is 11.0. The Morgan fingerprint density at radius 3 is 2.70 bits per heavy atom. The summed E-state index contributed by atoms with van der Waals surface area (Å²) in [6.07, 6.45) is 0.215. The molecular formula is C19H20N2O2. The summed E-state index contributed by atoms with van der Waals surface area (Å²) in [6, 6.07) is 13.9. The third-order valence-corrected chi connectivity index (χ3v) is 3.98. The van der Waals surface area contributed by atoms with Crippen LogP contribution in [-0.2, 0) is 11.2 Å². The van der Waals surface area contributed by atoms with Crippen LogP contribution < -0.4 is 5.32 Å². The predicted molar refractivity (Wildman–Crippen MR) is 90.2 cm³/mol. The lowest BCUT2D eigenvalue weighted by molar-refractivity contribution is -0.121. The molecule has 1 unspecified atom stereocenters. The van der Waals surface area contributed by atoms with Gasteiger partial charge in [0, 0.05) is 5.39 Å². The summed E-state index contributed by atoms with van der Waals surface area (Å²) in [5.74, 6) is -0.0595. The van der Waals surface area contributed by atoms with Crippen LogP contribution in [0, 0.1) is 13.8 Å². The summed E-state index contributed by atoms with van der Waals surface area (Å²) < 4.78 is 5.40. The number of rotatable bonds is 4. The molecule has 3 aromatic rings. The van der Waals surface area contributed by atoms with Gasteiger partial charge in [-0.2, -0.15) is 0 Å². The zero-order chi connectivity index (χ0) is 16.4. The van der Waals surface area contributed by atoms with E-state index in [0.717, 1.165) is 27.7 Å². The second-order valence-corrected chi connectivity index (χ2v) is 5.96. The quantitative estimate of drug-likeness (QED) is 0.796. The van der Waals surface area contributed by atoms with Crippen molar-refractivity contribution in [3.05, 3.63) is 64.8 Å². The number of fused-ring (bicyclic) bond motifs is 1. The lowest BCUT2D eigenvalue weighted by atomic mass is 10.1. The molecule has 1 heterocycles. The Balaban J connectivity index is 1.76. The number of carbonyl (C=O) groups is 1. The summed E-state index contributed by atoms with van der Waals surface area (Å²) in [5, 5.41) is 8.01. The van der Waals surface area contributed by atoms with Crippen LogP contribution in [0.25, 0.3) is 11.0 Å². The molecule has 1 aromatic heterocycles. The van der Waals surface area contributed by atoms with E-state index in [-0.39, 0.29) is 18.4 Å². The van der Waals surface area contributed by atoms with Gasteiger partial charge in [0.05, 0.1) is 12.5 Å². The molecule has 0 bridgehead atoms. The standard InChI is InChI=1S/C19H20N2O2/c1-12-9-13(2)19-16(10-12)17(21-23-19)11-18(22)20-14(3)15-7-5-4-6-8-15/h4-10,14H,11H2,1-3H3,(H,20,22). The molecule has 2 aromatic carbocycles. The number of aromatic nitrogens is 1. The summed E-state index contributed by atoms with van der Waals surface area (Å²) in [5.41, 5.74) is 4.70. The molecule has 3 rings (SSSR count). The van der Waals surface area contributed by atoms with Crippen molar-refractivity contribution in [2.24, 2.45) is 0 Å². The molecule has 23 heavy (non-hydrogen) atoms. The molecule has 0 saturated carbocycles. The first kappa shape index (κ1) is 15.3. The van der Waals surface area contributed by atoms with Crippen LogP contribution in [0.2, 0.25) is 0 Å². The first-order valence-electron chi connectivity index (χ1n) is 7.74. The molecular weight excluding hydrogens is 288 g/mol. The molecule has 118 valence electrons. The lowest BCUT2D eigenvalue weighted by Gasteiger charge is -2.13. The lowest BCUT2D eigenvalue weighted by Crippen LogP contribution is -2.28. The zero-order valence-electron chi connectivity index (χ0n) is 13.6. The Hall–Kier alpha value is -2.62. The Kier molecular flexibility index (Phi) is 4.15. The van der Waals surface area contributed by atoms with Gasteiger partial charge in [0.1, 0.15) is 5.69 Å². The summed E-state index contributed by atoms with van der Waals surface area (Å²) in [6.45, 7) is 5.99. The highest BCUT2D eigenvalue weighted by Crippen LogP contribution is 2.24. The van der Waals surface area contributed by atoms with Crippen LogP contribution in [0.4, 0.5) is 0 Å². The minimum Gasteiger partial charge on any atom is -0.356 e. The van der Waals surface area contributed by atoms with Crippen molar-refractivity contribution in [3.63, 3.8) is 0 Å². The Morgan fingerprint density at radius 2 is 1.96 bits per heavy atom. The number of hydrogen-bond acceptors (Lipinski definition) is 3. The Labute approximate surface area is 135 Å². The number of benzene rings is 2. The molecule has 0 fully saturated rings. The predicted octanol–water partition coefficient (Wildman–Crippen LogP) is 3.86. The maximum Gasteiger partial charge on any atom is 0.226 e. The molecule has 1 atom stereocenters. The van der Waals surface area contributed by atoms with Gasteiger partial charge in [-0.05, 0) is 43.5 Å². The molecule has 0 spiro atoms. The fraction of sp³-hybridized carbons (Fsp3) is 0.263.